The molecule has 7 heteroatoms. The molecule has 0 radical (unpaired) electrons. The second-order valence-corrected chi connectivity index (χ2v) is 6.69. The molecule has 1 unspecified atom stereocenters. The molecule has 1 heterocycles. The van der Waals surface area contributed by atoms with E-state index in [4.69, 9.17) is 23.2 Å². The summed E-state index contributed by atoms with van der Waals surface area (Å²) >= 11 is 12.2. The van der Waals surface area contributed by atoms with Crippen LogP contribution in [0, 0.1) is 13.8 Å². The Balaban J connectivity index is 2.03. The fourth-order valence-electron chi connectivity index (χ4n) is 2.50. The van der Waals surface area contributed by atoms with Gasteiger partial charge in [-0.15, -0.1) is 0 Å². The highest BCUT2D eigenvalue weighted by molar-refractivity contribution is 6.42. The number of rotatable bonds is 7. The van der Waals surface area contributed by atoms with Gasteiger partial charge in [-0.1, -0.05) is 29.3 Å². The molecule has 5 nitrogen and oxygen atoms in total. The molecule has 0 fully saturated rings. The molecule has 0 aliphatic rings. The first-order valence-corrected chi connectivity index (χ1v) is 8.33. The zero-order valence-corrected chi connectivity index (χ0v) is 15.5. The van der Waals surface area contributed by atoms with Gasteiger partial charge in [0.15, 0.2) is 0 Å². The van der Waals surface area contributed by atoms with Crippen LogP contribution in [0.4, 0.5) is 0 Å². The van der Waals surface area contributed by atoms with Crippen LogP contribution in [0.15, 0.2) is 18.2 Å². The first-order chi connectivity index (χ1) is 10.9. The van der Waals surface area contributed by atoms with Crippen molar-refractivity contribution in [3.05, 3.63) is 45.5 Å². The average molecular weight is 356 g/mol. The number of nitrogens with zero attached hydrogens (tertiary/aromatic N) is 4. The average Bonchev–Trinajstić information content (AvgIpc) is 2.78. The summed E-state index contributed by atoms with van der Waals surface area (Å²) in [5, 5.41) is 9.11. The van der Waals surface area contributed by atoms with Crippen LogP contribution in [0.5, 0.6) is 0 Å². The van der Waals surface area contributed by atoms with Crippen molar-refractivity contribution in [2.75, 3.05) is 27.2 Å². The maximum atomic E-state index is 6.15. The lowest BCUT2D eigenvalue weighted by atomic mass is 10.1. The van der Waals surface area contributed by atoms with E-state index in [1.165, 1.54) is 0 Å². The van der Waals surface area contributed by atoms with Gasteiger partial charge in [0.2, 0.25) is 0 Å². The summed E-state index contributed by atoms with van der Waals surface area (Å²) in [6.07, 6.45) is 0. The van der Waals surface area contributed by atoms with Crippen LogP contribution < -0.4 is 5.32 Å². The molecule has 1 aromatic carbocycles. The Kier molecular flexibility index (Phi) is 6.41. The summed E-state index contributed by atoms with van der Waals surface area (Å²) < 4.78 is 1.92. The Bertz CT molecular complexity index is 654. The molecule has 1 aromatic heterocycles. The minimum atomic E-state index is 0.171. The van der Waals surface area contributed by atoms with Gasteiger partial charge in [-0.05, 0) is 45.6 Å². The van der Waals surface area contributed by atoms with E-state index in [-0.39, 0.29) is 6.04 Å². The third kappa shape index (κ3) is 5.18. The largest absolute Gasteiger partial charge is 0.308 e. The highest BCUT2D eigenvalue weighted by Gasteiger charge is 2.14. The van der Waals surface area contributed by atoms with E-state index in [1.807, 2.05) is 36.7 Å². The van der Waals surface area contributed by atoms with E-state index in [1.54, 1.807) is 0 Å². The Morgan fingerprint density at radius 1 is 1.22 bits per heavy atom. The van der Waals surface area contributed by atoms with Crippen LogP contribution in [-0.4, -0.2) is 46.8 Å². The molecule has 1 N–H and O–H groups in total. The Hall–Kier alpha value is -1.14. The molecule has 0 saturated heterocycles. The second kappa shape index (κ2) is 8.11. The Morgan fingerprint density at radius 2 is 1.96 bits per heavy atom. The molecule has 0 aliphatic carbocycles. The molecular weight excluding hydrogens is 333 g/mol. The van der Waals surface area contributed by atoms with Crippen molar-refractivity contribution in [1.29, 1.82) is 0 Å². The standard InChI is InChI=1S/C16H23Cl2N5/c1-11-20-12(2)23(21-11)8-7-19-16(10-22(3)4)13-5-6-14(17)15(18)9-13/h5-6,9,16,19H,7-8,10H2,1-4H3. The molecule has 0 bridgehead atoms. The summed E-state index contributed by atoms with van der Waals surface area (Å²) in [4.78, 5) is 6.46. The number of nitrogens with one attached hydrogen (secondary N) is 1. The number of aryl methyl sites for hydroxylation is 2. The number of aromatic nitrogens is 3. The minimum absolute atomic E-state index is 0.171. The van der Waals surface area contributed by atoms with Crippen molar-refractivity contribution in [3.8, 4) is 0 Å². The van der Waals surface area contributed by atoms with Gasteiger partial charge in [0.05, 0.1) is 16.6 Å². The van der Waals surface area contributed by atoms with Crippen molar-refractivity contribution in [2.24, 2.45) is 0 Å². The molecule has 2 rings (SSSR count). The quantitative estimate of drug-likeness (QED) is 0.828. The molecule has 1 atom stereocenters. The van der Waals surface area contributed by atoms with Crippen LogP contribution in [0.25, 0.3) is 0 Å². The smallest absolute Gasteiger partial charge is 0.147 e. The summed E-state index contributed by atoms with van der Waals surface area (Å²) in [5.41, 5.74) is 1.12. The maximum absolute atomic E-state index is 6.15. The van der Waals surface area contributed by atoms with E-state index >= 15 is 0 Å². The molecule has 0 aliphatic heterocycles. The fraction of sp³-hybridized carbons (Fsp3) is 0.500. The van der Waals surface area contributed by atoms with Gasteiger partial charge < -0.3 is 10.2 Å². The normalized spacial score (nSPS) is 12.8. The molecule has 23 heavy (non-hydrogen) atoms. The first-order valence-electron chi connectivity index (χ1n) is 7.58. The maximum Gasteiger partial charge on any atom is 0.147 e. The van der Waals surface area contributed by atoms with E-state index in [2.05, 4.69) is 34.4 Å². The van der Waals surface area contributed by atoms with Crippen LogP contribution in [0.3, 0.4) is 0 Å². The van der Waals surface area contributed by atoms with Gasteiger partial charge in [0.1, 0.15) is 11.6 Å². The van der Waals surface area contributed by atoms with E-state index in [0.717, 1.165) is 36.8 Å². The number of hydrogen-bond acceptors (Lipinski definition) is 4. The van der Waals surface area contributed by atoms with Crippen LogP contribution in [-0.2, 0) is 6.54 Å². The number of likely N-dealkylation sites (N-methyl/N-ethyl adjacent to an activating group) is 1. The molecular formula is C16H23Cl2N5. The predicted molar refractivity (Wildman–Crippen MR) is 95.3 cm³/mol. The lowest BCUT2D eigenvalue weighted by Crippen LogP contribution is -2.33. The van der Waals surface area contributed by atoms with Crippen molar-refractivity contribution >= 4 is 23.2 Å². The Morgan fingerprint density at radius 3 is 2.52 bits per heavy atom. The topological polar surface area (TPSA) is 46.0 Å². The molecule has 126 valence electrons. The summed E-state index contributed by atoms with van der Waals surface area (Å²) in [6, 6.07) is 5.95. The van der Waals surface area contributed by atoms with Gasteiger partial charge in [-0.3, -0.25) is 0 Å². The zero-order valence-electron chi connectivity index (χ0n) is 14.0. The van der Waals surface area contributed by atoms with E-state index in [9.17, 15) is 0 Å². The van der Waals surface area contributed by atoms with Crippen molar-refractivity contribution in [2.45, 2.75) is 26.4 Å². The van der Waals surface area contributed by atoms with Crippen LogP contribution >= 0.6 is 23.2 Å². The van der Waals surface area contributed by atoms with Crippen molar-refractivity contribution in [1.82, 2.24) is 25.0 Å². The van der Waals surface area contributed by atoms with Gasteiger partial charge >= 0.3 is 0 Å². The summed E-state index contributed by atoms with van der Waals surface area (Å²) in [5.74, 6) is 1.74. The van der Waals surface area contributed by atoms with Crippen molar-refractivity contribution < 1.29 is 0 Å². The number of halogens is 2. The SMILES string of the molecule is Cc1nc(C)n(CCNC(CN(C)C)c2ccc(Cl)c(Cl)c2)n1. The van der Waals surface area contributed by atoms with Gasteiger partial charge in [-0.25, -0.2) is 9.67 Å². The van der Waals surface area contributed by atoms with Gasteiger partial charge in [0, 0.05) is 19.1 Å². The highest BCUT2D eigenvalue weighted by Crippen LogP contribution is 2.25. The Labute approximate surface area is 147 Å². The monoisotopic (exact) mass is 355 g/mol. The predicted octanol–water partition coefficient (Wildman–Crippen LogP) is 3.09. The summed E-state index contributed by atoms with van der Waals surface area (Å²) in [6.45, 7) is 6.31. The van der Waals surface area contributed by atoms with Crippen LogP contribution in [0.2, 0.25) is 10.0 Å². The number of hydrogen-bond donors (Lipinski definition) is 1. The molecule has 0 spiro atoms. The van der Waals surface area contributed by atoms with Gasteiger partial charge in [0.25, 0.3) is 0 Å². The van der Waals surface area contributed by atoms with Gasteiger partial charge in [-0.2, -0.15) is 5.10 Å². The molecule has 0 saturated carbocycles. The van der Waals surface area contributed by atoms with Crippen LogP contribution in [0.1, 0.15) is 23.3 Å². The van der Waals surface area contributed by atoms with E-state index < -0.39 is 0 Å². The number of benzene rings is 1. The van der Waals surface area contributed by atoms with E-state index in [0.29, 0.717) is 10.0 Å². The second-order valence-electron chi connectivity index (χ2n) is 5.87. The lowest BCUT2D eigenvalue weighted by molar-refractivity contribution is 0.336. The lowest BCUT2D eigenvalue weighted by Gasteiger charge is -2.23. The fourth-order valence-corrected chi connectivity index (χ4v) is 2.81. The first kappa shape index (κ1) is 18.2. The summed E-state index contributed by atoms with van der Waals surface area (Å²) in [7, 11) is 4.11. The third-order valence-electron chi connectivity index (χ3n) is 3.57. The minimum Gasteiger partial charge on any atom is -0.308 e. The third-order valence-corrected chi connectivity index (χ3v) is 4.31. The molecule has 2 aromatic rings. The van der Waals surface area contributed by atoms with Crippen molar-refractivity contribution in [3.63, 3.8) is 0 Å². The zero-order chi connectivity index (χ0) is 17.0. The highest BCUT2D eigenvalue weighted by atomic mass is 35.5. The molecule has 0 amide bonds.